The summed E-state index contributed by atoms with van der Waals surface area (Å²) in [5.74, 6) is 1.44. The van der Waals surface area contributed by atoms with Gasteiger partial charge in [-0.3, -0.25) is 4.57 Å². The van der Waals surface area contributed by atoms with Gasteiger partial charge in [0, 0.05) is 38.4 Å². The van der Waals surface area contributed by atoms with Gasteiger partial charge in [-0.05, 0) is 36.4 Å². The minimum Gasteiger partial charge on any atom is -0.307 e. The van der Waals surface area contributed by atoms with Crippen LogP contribution >= 0.6 is 0 Å². The van der Waals surface area contributed by atoms with E-state index in [0.29, 0.717) is 17.6 Å². The molecule has 0 fully saturated rings. The first-order valence-corrected chi connectivity index (χ1v) is 14.8. The molecule has 0 unspecified atom stereocenters. The molecule has 0 aliphatic rings. The molecule has 0 aliphatic heterocycles. The van der Waals surface area contributed by atoms with Gasteiger partial charge in [-0.1, -0.05) is 109 Å². The molecule has 5 nitrogen and oxygen atoms in total. The quantitative estimate of drug-likeness (QED) is 0.208. The van der Waals surface area contributed by atoms with Gasteiger partial charge in [0.1, 0.15) is 5.82 Å². The third-order valence-electron chi connectivity index (χ3n) is 8.44. The van der Waals surface area contributed by atoms with Gasteiger partial charge in [0.25, 0.3) is 0 Å². The molecule has 0 bridgehead atoms. The number of hydrogen-bond acceptors (Lipinski definition) is 3. The standard InChI is InChI=1S/C39H24FN5/c40-27-19-21-28(22-20-27)44-33-17-9-7-15-29(33)31-23-24-32-30-16-8-10-18-34(30)45(36(32)35(31)44)39-42-37(25-11-3-1-4-12-25)41-38(43-39)26-13-5-2-6-14-26/h1-24H. The Morgan fingerprint density at radius 1 is 0.400 bits per heavy atom. The van der Waals surface area contributed by atoms with Gasteiger partial charge in [0.15, 0.2) is 11.6 Å². The lowest BCUT2D eigenvalue weighted by atomic mass is 10.1. The molecule has 6 heteroatoms. The van der Waals surface area contributed by atoms with E-state index in [1.165, 1.54) is 12.1 Å². The molecule has 3 aromatic heterocycles. The molecule has 0 radical (unpaired) electrons. The average Bonchev–Trinajstić information content (AvgIpc) is 3.62. The maximum absolute atomic E-state index is 14.2. The first-order valence-electron chi connectivity index (χ1n) is 14.8. The summed E-state index contributed by atoms with van der Waals surface area (Å²) in [6.45, 7) is 0. The van der Waals surface area contributed by atoms with Crippen LogP contribution in [-0.4, -0.2) is 24.1 Å². The smallest absolute Gasteiger partial charge is 0.238 e. The highest BCUT2D eigenvalue weighted by Crippen LogP contribution is 2.41. The largest absolute Gasteiger partial charge is 0.307 e. The number of hydrogen-bond donors (Lipinski definition) is 0. The monoisotopic (exact) mass is 581 g/mol. The lowest BCUT2D eigenvalue weighted by molar-refractivity contribution is 0.627. The van der Waals surface area contributed by atoms with Crippen molar-refractivity contribution in [2.45, 2.75) is 0 Å². The molecule has 0 atom stereocenters. The van der Waals surface area contributed by atoms with Crippen molar-refractivity contribution in [3.8, 4) is 34.4 Å². The van der Waals surface area contributed by atoms with Crippen LogP contribution in [0.4, 0.5) is 4.39 Å². The Bertz CT molecular complexity index is 2470. The number of fused-ring (bicyclic) bond motifs is 7. The van der Waals surface area contributed by atoms with Crippen molar-refractivity contribution < 1.29 is 4.39 Å². The number of nitrogens with zero attached hydrogens (tertiary/aromatic N) is 5. The fourth-order valence-corrected chi connectivity index (χ4v) is 6.46. The number of benzene rings is 6. The lowest BCUT2D eigenvalue weighted by Gasteiger charge is -2.13. The summed E-state index contributed by atoms with van der Waals surface area (Å²) in [7, 11) is 0. The van der Waals surface area contributed by atoms with Gasteiger partial charge < -0.3 is 4.57 Å². The molecule has 9 aromatic rings. The van der Waals surface area contributed by atoms with Crippen molar-refractivity contribution >= 4 is 43.6 Å². The Kier molecular flexibility index (Phi) is 5.62. The first kappa shape index (κ1) is 25.4. The molecule has 45 heavy (non-hydrogen) atoms. The molecular weight excluding hydrogens is 557 g/mol. The average molecular weight is 582 g/mol. The molecule has 6 aromatic carbocycles. The maximum atomic E-state index is 14.2. The van der Waals surface area contributed by atoms with Gasteiger partial charge in [0.2, 0.25) is 5.95 Å². The second-order valence-electron chi connectivity index (χ2n) is 11.1. The van der Waals surface area contributed by atoms with Crippen LogP contribution in [0.1, 0.15) is 0 Å². The minimum atomic E-state index is -0.272. The Morgan fingerprint density at radius 3 is 1.42 bits per heavy atom. The van der Waals surface area contributed by atoms with Crippen LogP contribution in [0, 0.1) is 5.82 Å². The van der Waals surface area contributed by atoms with E-state index in [-0.39, 0.29) is 5.82 Å². The summed E-state index contributed by atoms with van der Waals surface area (Å²) in [6.07, 6.45) is 0. The normalized spacial score (nSPS) is 11.7. The van der Waals surface area contributed by atoms with Gasteiger partial charge in [-0.15, -0.1) is 0 Å². The van der Waals surface area contributed by atoms with Crippen LogP contribution in [-0.2, 0) is 0 Å². The lowest BCUT2D eigenvalue weighted by Crippen LogP contribution is -2.07. The van der Waals surface area contributed by atoms with Gasteiger partial charge >= 0.3 is 0 Å². The number of aromatic nitrogens is 5. The summed E-state index contributed by atoms with van der Waals surface area (Å²) >= 11 is 0. The SMILES string of the molecule is Fc1ccc(-n2c3ccccc3c3ccc4c5ccccc5n(-c5nc(-c6ccccc6)nc(-c6ccccc6)n5)c4c32)cc1. The van der Waals surface area contributed by atoms with Crippen LogP contribution in [0.25, 0.3) is 78.0 Å². The topological polar surface area (TPSA) is 48.5 Å². The zero-order valence-electron chi connectivity index (χ0n) is 24.0. The van der Waals surface area contributed by atoms with Crippen LogP contribution in [0.5, 0.6) is 0 Å². The van der Waals surface area contributed by atoms with Gasteiger partial charge in [-0.25, -0.2) is 9.37 Å². The Morgan fingerprint density at radius 2 is 0.867 bits per heavy atom. The predicted molar refractivity (Wildman–Crippen MR) is 179 cm³/mol. The Hall–Kier alpha value is -6.14. The summed E-state index contributed by atoms with van der Waals surface area (Å²) in [5.41, 5.74) is 6.68. The van der Waals surface area contributed by atoms with Crippen molar-refractivity contribution in [3.05, 3.63) is 151 Å². The molecule has 0 aliphatic carbocycles. The molecule has 0 saturated heterocycles. The Labute approximate surface area is 257 Å². The van der Waals surface area contributed by atoms with Crippen molar-refractivity contribution in [3.63, 3.8) is 0 Å². The number of rotatable bonds is 4. The van der Waals surface area contributed by atoms with E-state index in [4.69, 9.17) is 15.0 Å². The van der Waals surface area contributed by atoms with Crippen LogP contribution < -0.4 is 0 Å². The van der Waals surface area contributed by atoms with Gasteiger partial charge in [-0.2, -0.15) is 9.97 Å². The highest BCUT2D eigenvalue weighted by atomic mass is 19.1. The zero-order chi connectivity index (χ0) is 29.9. The zero-order valence-corrected chi connectivity index (χ0v) is 24.0. The fraction of sp³-hybridized carbons (Fsp3) is 0. The van der Waals surface area contributed by atoms with E-state index in [1.54, 1.807) is 0 Å². The molecule has 0 spiro atoms. The molecule has 3 heterocycles. The molecule has 0 saturated carbocycles. The highest BCUT2D eigenvalue weighted by molar-refractivity contribution is 6.23. The van der Waals surface area contributed by atoms with Crippen molar-refractivity contribution in [2.75, 3.05) is 0 Å². The molecule has 9 rings (SSSR count). The second-order valence-corrected chi connectivity index (χ2v) is 11.1. The summed E-state index contributed by atoms with van der Waals surface area (Å²) in [6, 6.07) is 47.8. The van der Waals surface area contributed by atoms with E-state index in [9.17, 15) is 4.39 Å². The Balaban J connectivity index is 1.47. The maximum Gasteiger partial charge on any atom is 0.238 e. The number of halogens is 1. The van der Waals surface area contributed by atoms with E-state index in [2.05, 4.69) is 57.7 Å². The predicted octanol–water partition coefficient (Wildman–Crippen LogP) is 9.54. The van der Waals surface area contributed by atoms with E-state index in [0.717, 1.165) is 60.4 Å². The molecular formula is C39H24FN5. The van der Waals surface area contributed by atoms with E-state index in [1.807, 2.05) is 84.9 Å². The van der Waals surface area contributed by atoms with Gasteiger partial charge in [0.05, 0.1) is 22.1 Å². The van der Waals surface area contributed by atoms with E-state index >= 15 is 0 Å². The first-order chi connectivity index (χ1) is 22.2. The molecule has 0 amide bonds. The van der Waals surface area contributed by atoms with Crippen molar-refractivity contribution in [1.82, 2.24) is 24.1 Å². The second kappa shape index (κ2) is 9.96. The molecule has 212 valence electrons. The minimum absolute atomic E-state index is 0.272. The summed E-state index contributed by atoms with van der Waals surface area (Å²) in [4.78, 5) is 15.2. The summed E-state index contributed by atoms with van der Waals surface area (Å²) in [5, 5.41) is 4.37. The molecule has 0 N–H and O–H groups in total. The highest BCUT2D eigenvalue weighted by Gasteiger charge is 2.23. The fourth-order valence-electron chi connectivity index (χ4n) is 6.46. The van der Waals surface area contributed by atoms with Crippen molar-refractivity contribution in [1.29, 1.82) is 0 Å². The number of para-hydroxylation sites is 2. The third-order valence-corrected chi connectivity index (χ3v) is 8.44. The van der Waals surface area contributed by atoms with Crippen LogP contribution in [0.15, 0.2) is 146 Å². The van der Waals surface area contributed by atoms with Crippen LogP contribution in [0.2, 0.25) is 0 Å². The third kappa shape index (κ3) is 3.96. The van der Waals surface area contributed by atoms with Crippen molar-refractivity contribution in [2.24, 2.45) is 0 Å². The van der Waals surface area contributed by atoms with E-state index < -0.39 is 0 Å². The summed E-state index contributed by atoms with van der Waals surface area (Å²) < 4.78 is 18.5. The van der Waals surface area contributed by atoms with Crippen LogP contribution in [0.3, 0.4) is 0 Å².